The molecule has 0 saturated carbocycles. The highest BCUT2D eigenvalue weighted by molar-refractivity contribution is 6.21. The van der Waals surface area contributed by atoms with Crippen LogP contribution in [0.3, 0.4) is 0 Å². The van der Waals surface area contributed by atoms with Gasteiger partial charge in [0.1, 0.15) is 23.2 Å². The van der Waals surface area contributed by atoms with Gasteiger partial charge < -0.3 is 4.42 Å². The highest BCUT2D eigenvalue weighted by Gasteiger charge is 2.20. The fourth-order valence-electron chi connectivity index (χ4n) is 5.23. The van der Waals surface area contributed by atoms with E-state index < -0.39 is 57.6 Å². The molecule has 0 unspecified atom stereocenters. The Morgan fingerprint density at radius 1 is 0.574 bits per heavy atom. The fraction of sp³-hybridized carbons (Fsp3) is 0. The summed E-state index contributed by atoms with van der Waals surface area (Å²) in [4.78, 5) is 9.08. The molecular formula is C36H10N10O. The molecule has 0 fully saturated rings. The molecular weight excluding hydrogens is 588 g/mol. The van der Waals surface area contributed by atoms with E-state index in [1.54, 1.807) is 42.5 Å². The Bertz CT molecular complexity index is 2840. The van der Waals surface area contributed by atoms with Gasteiger partial charge in [0.05, 0.1) is 98.2 Å². The van der Waals surface area contributed by atoms with Crippen molar-refractivity contribution in [2.24, 2.45) is 0 Å². The average Bonchev–Trinajstić information content (AvgIpc) is 3.64. The molecule has 47 heavy (non-hydrogen) atoms. The minimum Gasteiger partial charge on any atom is -0.464 e. The summed E-state index contributed by atoms with van der Waals surface area (Å²) in [5, 5.41) is 80.5. The second-order valence-electron chi connectivity index (χ2n) is 9.55. The van der Waals surface area contributed by atoms with Crippen LogP contribution in [-0.4, -0.2) is 9.97 Å². The number of hydrogen-bond acceptors (Lipinski definition) is 11. The molecule has 6 rings (SSSR count). The molecule has 11 nitrogen and oxygen atoms in total. The van der Waals surface area contributed by atoms with E-state index in [0.717, 1.165) is 0 Å². The normalized spacial score (nSPS) is 12.7. The lowest BCUT2D eigenvalue weighted by Crippen LogP contribution is -2.12. The van der Waals surface area contributed by atoms with Crippen LogP contribution in [0.5, 0.6) is 0 Å². The Hall–Kier alpha value is -8.32. The largest absolute Gasteiger partial charge is 0.464 e. The lowest BCUT2D eigenvalue weighted by Gasteiger charge is -2.09. The Kier molecular flexibility index (Phi) is 5.86. The molecule has 0 aliphatic heterocycles. The van der Waals surface area contributed by atoms with E-state index in [4.69, 9.17) is 9.90 Å². The van der Waals surface area contributed by atoms with Crippen molar-refractivity contribution in [1.29, 1.82) is 42.1 Å². The van der Waals surface area contributed by atoms with Crippen molar-refractivity contribution >= 4 is 43.9 Å². The van der Waals surface area contributed by atoms with Crippen LogP contribution in [0.2, 0.25) is 0 Å². The quantitative estimate of drug-likeness (QED) is 0.255. The Labute approximate surface area is 270 Å². The van der Waals surface area contributed by atoms with E-state index >= 15 is 0 Å². The van der Waals surface area contributed by atoms with Crippen molar-refractivity contribution in [1.82, 2.24) is 9.97 Å². The van der Waals surface area contributed by atoms with E-state index in [1.165, 1.54) is 30.8 Å². The number of rotatable bonds is 2. The number of fused-ring (bicyclic) bond motifs is 6. The Balaban J connectivity index is 1.74. The third-order valence-corrected chi connectivity index (χ3v) is 7.17. The second-order valence-corrected chi connectivity index (χ2v) is 9.55. The van der Waals surface area contributed by atoms with Crippen molar-refractivity contribution in [2.45, 2.75) is 0 Å². The maximum absolute atomic E-state index is 10.3. The fourth-order valence-corrected chi connectivity index (χ4v) is 5.23. The molecule has 0 radical (unpaired) electrons. The van der Waals surface area contributed by atoms with Gasteiger partial charge in [-0.3, -0.25) is 9.97 Å². The molecule has 3 heterocycles. The van der Waals surface area contributed by atoms with Crippen LogP contribution in [0.4, 0.5) is 0 Å². The summed E-state index contributed by atoms with van der Waals surface area (Å²) in [7, 11) is 0. The first kappa shape index (κ1) is 24.2. The maximum Gasteiger partial charge on any atom is 0.144 e. The highest BCUT2D eigenvalue weighted by atomic mass is 16.3. The minimum atomic E-state index is -0.601. The molecule has 0 bridgehead atoms. The molecule has 0 amide bonds. The predicted molar refractivity (Wildman–Crippen MR) is 163 cm³/mol. The first-order chi connectivity index (χ1) is 24.6. The number of pyridine rings is 2. The third kappa shape index (κ3) is 4.46. The summed E-state index contributed by atoms with van der Waals surface area (Å²) in [5.74, 6) is 0. The Morgan fingerprint density at radius 3 is 1.40 bits per heavy atom. The highest BCUT2D eigenvalue weighted by Crippen LogP contribution is 2.33. The maximum atomic E-state index is 10.3. The first-order valence-corrected chi connectivity index (χ1v) is 13.0. The van der Waals surface area contributed by atoms with E-state index in [-0.39, 0.29) is 43.8 Å². The summed E-state index contributed by atoms with van der Waals surface area (Å²) < 4.78 is 39.1. The van der Waals surface area contributed by atoms with Crippen LogP contribution in [0, 0.1) is 90.6 Å². The van der Waals surface area contributed by atoms with E-state index in [9.17, 15) is 42.1 Å². The number of hydrogen-bond donors (Lipinski definition) is 0. The molecule has 0 aliphatic rings. The zero-order valence-corrected chi connectivity index (χ0v) is 23.3. The number of nitrogens with zero attached hydrogens (tertiary/aromatic N) is 10. The summed E-state index contributed by atoms with van der Waals surface area (Å²) in [5.41, 5.74) is -2.99. The predicted octanol–water partition coefficient (Wildman–Crippen LogP) is 4.20. The molecule has 0 N–H and O–H groups in total. The molecule has 0 spiro atoms. The van der Waals surface area contributed by atoms with Gasteiger partial charge in [0.2, 0.25) is 0 Å². The van der Waals surface area contributed by atoms with Gasteiger partial charge in [0.15, 0.2) is 0 Å². The van der Waals surface area contributed by atoms with Crippen molar-refractivity contribution in [2.75, 3.05) is 0 Å². The van der Waals surface area contributed by atoms with Crippen molar-refractivity contribution in [3.63, 3.8) is 0 Å². The van der Waals surface area contributed by atoms with Gasteiger partial charge in [0, 0.05) is 50.1 Å². The lowest BCUT2D eigenvalue weighted by atomic mass is 9.92. The van der Waals surface area contributed by atoms with Crippen molar-refractivity contribution in [3.05, 3.63) is 116 Å². The molecule has 6 aromatic rings. The zero-order valence-electron chi connectivity index (χ0n) is 27.3. The molecule has 11 heteroatoms. The summed E-state index contributed by atoms with van der Waals surface area (Å²) in [6, 6.07) is 16.6. The zero-order chi connectivity index (χ0) is 36.7. The van der Waals surface area contributed by atoms with Gasteiger partial charge >= 0.3 is 0 Å². The standard InChI is InChI=1S/C36H10N10O/c37-9-19-3-21(11-39)32(22(4-19)12-40)30(15-43)25-7-28-27-1-2-47-36(27)29-8-26(18-46-35(29)34(28)45-17-25)31(16-44)33-23(13-41)5-20(10-38)6-24(33)14-42/h1-8,17-18H/b30-25+,31-26-/i3D,4D,5D,6D. The van der Waals surface area contributed by atoms with Gasteiger partial charge in [-0.05, 0) is 42.4 Å². The van der Waals surface area contributed by atoms with Gasteiger partial charge in [-0.1, -0.05) is 0 Å². The van der Waals surface area contributed by atoms with Gasteiger partial charge in [-0.25, -0.2) is 0 Å². The van der Waals surface area contributed by atoms with E-state index in [0.29, 0.717) is 21.7 Å². The second kappa shape index (κ2) is 11.4. The number of nitriles is 8. The summed E-state index contributed by atoms with van der Waals surface area (Å²) in [6.07, 6.45) is 3.92. The van der Waals surface area contributed by atoms with Crippen molar-refractivity contribution in [3.8, 4) is 48.6 Å². The number of benzene rings is 3. The van der Waals surface area contributed by atoms with E-state index in [2.05, 4.69) is 9.97 Å². The average molecular weight is 603 g/mol. The van der Waals surface area contributed by atoms with Crippen LogP contribution >= 0.6 is 0 Å². The summed E-state index contributed by atoms with van der Waals surface area (Å²) in [6.45, 7) is 0. The van der Waals surface area contributed by atoms with Crippen LogP contribution in [-0.2, 0) is 0 Å². The first-order valence-electron chi connectivity index (χ1n) is 15.0. The van der Waals surface area contributed by atoms with E-state index in [1.807, 2.05) is 12.1 Å². The molecule has 0 saturated heterocycles. The van der Waals surface area contributed by atoms with Crippen LogP contribution in [0.1, 0.15) is 50.0 Å². The third-order valence-electron chi connectivity index (χ3n) is 7.17. The Morgan fingerprint density at radius 2 is 1.00 bits per heavy atom. The van der Waals surface area contributed by atoms with Crippen LogP contribution in [0.25, 0.3) is 43.9 Å². The molecule has 3 aromatic heterocycles. The molecule has 3 aromatic carbocycles. The summed E-state index contributed by atoms with van der Waals surface area (Å²) >= 11 is 0. The molecule has 0 aliphatic carbocycles. The topological polar surface area (TPSA) is 229 Å². The monoisotopic (exact) mass is 602 g/mol. The lowest BCUT2D eigenvalue weighted by molar-refractivity contribution is 0.619. The van der Waals surface area contributed by atoms with Crippen LogP contribution < -0.4 is 10.4 Å². The molecule has 210 valence electrons. The minimum absolute atomic E-state index is 0.0987. The van der Waals surface area contributed by atoms with Crippen LogP contribution in [0.15, 0.2) is 65.4 Å². The van der Waals surface area contributed by atoms with Crippen molar-refractivity contribution < 1.29 is 9.90 Å². The smallest absolute Gasteiger partial charge is 0.144 e. The van der Waals surface area contributed by atoms with Gasteiger partial charge in [-0.15, -0.1) is 0 Å². The molecule has 0 atom stereocenters. The SMILES string of the molecule is [2H]c1c(C#N)c([2H])c(C#N)c(/C(C#N)=c2/cnc3c(c2)c2ccoc2c2c/c(=C(\C#N)c4c(C#N)c([2H])c(C#N)c([2H])c4C#N)cnc23)c1C#N. The number of aromatic nitrogens is 2. The number of furan rings is 1. The van der Waals surface area contributed by atoms with Gasteiger partial charge in [-0.2, -0.15) is 42.1 Å². The van der Waals surface area contributed by atoms with Gasteiger partial charge in [0.25, 0.3) is 0 Å².